The van der Waals surface area contributed by atoms with Crippen molar-refractivity contribution in [3.8, 4) is 23.0 Å². The molecule has 1 aromatic heterocycles. The van der Waals surface area contributed by atoms with E-state index in [1.807, 2.05) is 49.4 Å². The third kappa shape index (κ3) is 3.48. The molecule has 0 aliphatic heterocycles. The van der Waals surface area contributed by atoms with Gasteiger partial charge < -0.3 is 19.9 Å². The summed E-state index contributed by atoms with van der Waals surface area (Å²) in [6.07, 6.45) is 2.49. The van der Waals surface area contributed by atoms with Gasteiger partial charge in [0.25, 0.3) is 0 Å². The third-order valence-electron chi connectivity index (χ3n) is 5.09. The molecule has 0 atom stereocenters. The Kier molecular flexibility index (Phi) is 5.14. The van der Waals surface area contributed by atoms with E-state index in [0.717, 1.165) is 33.7 Å². The molecule has 0 fully saturated rings. The average molecular weight is 402 g/mol. The second kappa shape index (κ2) is 7.91. The van der Waals surface area contributed by atoms with Crippen LogP contribution in [0.25, 0.3) is 21.7 Å². The van der Waals surface area contributed by atoms with Crippen LogP contribution < -0.4 is 19.9 Å². The number of fused-ring (bicyclic) bond motifs is 2. The van der Waals surface area contributed by atoms with Gasteiger partial charge in [0.15, 0.2) is 11.5 Å². The number of benzene rings is 3. The van der Waals surface area contributed by atoms with Crippen LogP contribution in [0.4, 0.5) is 0 Å². The van der Waals surface area contributed by atoms with Crippen LogP contribution in [-0.4, -0.2) is 25.1 Å². The highest BCUT2D eigenvalue weighted by molar-refractivity contribution is 6.07. The van der Waals surface area contributed by atoms with Crippen molar-refractivity contribution in [2.75, 3.05) is 14.2 Å². The molecular formula is C24H22N2O4. The van der Waals surface area contributed by atoms with Crippen LogP contribution in [0, 0.1) is 0 Å². The molecule has 1 amide bonds. The van der Waals surface area contributed by atoms with Gasteiger partial charge in [-0.1, -0.05) is 13.0 Å². The van der Waals surface area contributed by atoms with Gasteiger partial charge in [0.1, 0.15) is 11.5 Å². The number of hydrogen-bond donors (Lipinski definition) is 1. The minimum Gasteiger partial charge on any atom is -0.493 e. The van der Waals surface area contributed by atoms with Crippen LogP contribution in [0.15, 0.2) is 54.7 Å². The second-order valence-corrected chi connectivity index (χ2v) is 6.88. The largest absolute Gasteiger partial charge is 0.493 e. The first-order chi connectivity index (χ1) is 14.5. The zero-order valence-corrected chi connectivity index (χ0v) is 17.1. The molecule has 4 aromatic rings. The SMILES string of the molecule is CCc1cc(C(N)=O)c2ccc(Oc3ccnc4cc(OC)c(OC)cc34)cc2c1. The van der Waals surface area contributed by atoms with E-state index in [4.69, 9.17) is 19.9 Å². The Morgan fingerprint density at radius 3 is 2.40 bits per heavy atom. The summed E-state index contributed by atoms with van der Waals surface area (Å²) in [5.41, 5.74) is 7.87. The fourth-order valence-corrected chi connectivity index (χ4v) is 3.54. The molecule has 6 nitrogen and oxygen atoms in total. The highest BCUT2D eigenvalue weighted by Crippen LogP contribution is 2.37. The van der Waals surface area contributed by atoms with Gasteiger partial charge in [0.05, 0.1) is 19.7 Å². The Morgan fingerprint density at radius 1 is 0.933 bits per heavy atom. The lowest BCUT2D eigenvalue weighted by molar-refractivity contribution is 0.100. The average Bonchev–Trinajstić information content (AvgIpc) is 2.77. The number of pyridine rings is 1. The third-order valence-corrected chi connectivity index (χ3v) is 5.09. The Bertz CT molecular complexity index is 1270. The van der Waals surface area contributed by atoms with Crippen LogP contribution in [0.1, 0.15) is 22.8 Å². The number of carbonyl (C=O) groups is 1. The predicted octanol–water partition coefficient (Wildman–Crippen LogP) is 4.86. The van der Waals surface area contributed by atoms with E-state index >= 15 is 0 Å². The normalized spacial score (nSPS) is 10.9. The summed E-state index contributed by atoms with van der Waals surface area (Å²) in [6, 6.07) is 15.0. The maximum Gasteiger partial charge on any atom is 0.249 e. The van der Waals surface area contributed by atoms with Crippen LogP contribution in [0.2, 0.25) is 0 Å². The van der Waals surface area contributed by atoms with Crippen molar-refractivity contribution in [1.82, 2.24) is 4.98 Å². The van der Waals surface area contributed by atoms with E-state index in [2.05, 4.69) is 4.98 Å². The predicted molar refractivity (Wildman–Crippen MR) is 117 cm³/mol. The lowest BCUT2D eigenvalue weighted by Gasteiger charge is -2.13. The number of primary amides is 1. The summed E-state index contributed by atoms with van der Waals surface area (Å²) in [5.74, 6) is 2.05. The highest BCUT2D eigenvalue weighted by Gasteiger charge is 2.13. The number of aromatic nitrogens is 1. The molecule has 0 bridgehead atoms. The van der Waals surface area contributed by atoms with E-state index in [-0.39, 0.29) is 0 Å². The Hall–Kier alpha value is -3.80. The van der Waals surface area contributed by atoms with E-state index < -0.39 is 5.91 Å². The first kappa shape index (κ1) is 19.5. The van der Waals surface area contributed by atoms with Crippen LogP contribution in [0.3, 0.4) is 0 Å². The van der Waals surface area contributed by atoms with Crippen LogP contribution >= 0.6 is 0 Å². The summed E-state index contributed by atoms with van der Waals surface area (Å²) in [4.78, 5) is 16.3. The molecule has 30 heavy (non-hydrogen) atoms. The molecule has 0 radical (unpaired) electrons. The molecule has 0 saturated heterocycles. The quantitative estimate of drug-likeness (QED) is 0.498. The topological polar surface area (TPSA) is 83.7 Å². The number of aryl methyl sites for hydroxylation is 1. The first-order valence-corrected chi connectivity index (χ1v) is 9.59. The standard InChI is InChI=1S/C24H22N2O4/c1-4-14-9-15-11-16(5-6-17(15)18(10-14)24(25)27)30-21-7-8-26-20-13-23(29-3)22(28-2)12-19(20)21/h5-13H,4H2,1-3H3,(H2,25,27). The molecule has 0 saturated carbocycles. The van der Waals surface area contributed by atoms with Gasteiger partial charge in [-0.3, -0.25) is 9.78 Å². The Balaban J connectivity index is 1.80. The van der Waals surface area contributed by atoms with Crippen molar-refractivity contribution < 1.29 is 19.0 Å². The molecular weight excluding hydrogens is 380 g/mol. The first-order valence-electron chi connectivity index (χ1n) is 9.59. The van der Waals surface area contributed by atoms with Crippen molar-refractivity contribution in [3.63, 3.8) is 0 Å². The lowest BCUT2D eigenvalue weighted by Crippen LogP contribution is -2.12. The van der Waals surface area contributed by atoms with Gasteiger partial charge in [0.2, 0.25) is 5.91 Å². The van der Waals surface area contributed by atoms with Crippen molar-refractivity contribution >= 4 is 27.6 Å². The molecule has 0 spiro atoms. The monoisotopic (exact) mass is 402 g/mol. The smallest absolute Gasteiger partial charge is 0.249 e. The number of amides is 1. The second-order valence-electron chi connectivity index (χ2n) is 6.88. The number of hydrogen-bond acceptors (Lipinski definition) is 5. The van der Waals surface area contributed by atoms with Crippen molar-refractivity contribution in [2.45, 2.75) is 13.3 Å². The molecule has 152 valence electrons. The van der Waals surface area contributed by atoms with E-state index in [1.165, 1.54) is 0 Å². The van der Waals surface area contributed by atoms with E-state index in [1.54, 1.807) is 26.5 Å². The highest BCUT2D eigenvalue weighted by atomic mass is 16.5. The number of nitrogens with zero attached hydrogens (tertiary/aromatic N) is 1. The lowest BCUT2D eigenvalue weighted by atomic mass is 9.99. The van der Waals surface area contributed by atoms with Crippen molar-refractivity contribution in [3.05, 3.63) is 65.9 Å². The number of nitrogens with two attached hydrogens (primary N) is 1. The number of methoxy groups -OCH3 is 2. The maximum absolute atomic E-state index is 11.9. The van der Waals surface area contributed by atoms with Crippen LogP contribution in [-0.2, 0) is 6.42 Å². The fourth-order valence-electron chi connectivity index (χ4n) is 3.54. The van der Waals surface area contributed by atoms with Gasteiger partial charge in [-0.15, -0.1) is 0 Å². The molecule has 4 rings (SSSR count). The van der Waals surface area contributed by atoms with Gasteiger partial charge in [-0.2, -0.15) is 0 Å². The summed E-state index contributed by atoms with van der Waals surface area (Å²) in [6.45, 7) is 2.04. The summed E-state index contributed by atoms with van der Waals surface area (Å²) >= 11 is 0. The molecule has 0 aliphatic rings. The molecule has 2 N–H and O–H groups in total. The molecule has 0 aliphatic carbocycles. The molecule has 6 heteroatoms. The fraction of sp³-hybridized carbons (Fsp3) is 0.167. The number of rotatable bonds is 6. The van der Waals surface area contributed by atoms with Crippen molar-refractivity contribution in [1.29, 1.82) is 0 Å². The number of carbonyl (C=O) groups excluding carboxylic acids is 1. The Morgan fingerprint density at radius 2 is 1.70 bits per heavy atom. The van der Waals surface area contributed by atoms with Gasteiger partial charge >= 0.3 is 0 Å². The van der Waals surface area contributed by atoms with Crippen molar-refractivity contribution in [2.24, 2.45) is 5.73 Å². The van der Waals surface area contributed by atoms with E-state index in [0.29, 0.717) is 28.6 Å². The zero-order valence-electron chi connectivity index (χ0n) is 17.1. The summed E-state index contributed by atoms with van der Waals surface area (Å²) in [5, 5.41) is 2.51. The van der Waals surface area contributed by atoms with Gasteiger partial charge in [0, 0.05) is 23.2 Å². The molecule has 0 unspecified atom stereocenters. The maximum atomic E-state index is 11.9. The van der Waals surface area contributed by atoms with E-state index in [9.17, 15) is 4.79 Å². The zero-order chi connectivity index (χ0) is 21.3. The minimum absolute atomic E-state index is 0.440. The molecule has 1 heterocycles. The molecule has 3 aromatic carbocycles. The summed E-state index contributed by atoms with van der Waals surface area (Å²) < 4.78 is 17.0. The van der Waals surface area contributed by atoms with Crippen LogP contribution in [0.5, 0.6) is 23.0 Å². The Labute approximate surface area is 174 Å². The van der Waals surface area contributed by atoms with Gasteiger partial charge in [-0.05, 0) is 59.2 Å². The number of ether oxygens (including phenoxy) is 3. The summed E-state index contributed by atoms with van der Waals surface area (Å²) in [7, 11) is 3.18. The minimum atomic E-state index is -0.440. The van der Waals surface area contributed by atoms with Gasteiger partial charge in [-0.25, -0.2) is 0 Å².